The molecule has 32 heavy (non-hydrogen) atoms. The molecule has 172 valence electrons. The lowest BCUT2D eigenvalue weighted by atomic mass is 9.76. The fraction of sp³-hybridized carbons (Fsp3) is 0.414. The third-order valence-corrected chi connectivity index (χ3v) is 6.36. The van der Waals surface area contributed by atoms with Crippen LogP contribution in [-0.2, 0) is 14.9 Å². The molecule has 2 rings (SSSR count). The number of ether oxygens (including phenoxy) is 1. The van der Waals surface area contributed by atoms with Gasteiger partial charge in [-0.2, -0.15) is 0 Å². The molecule has 0 bridgehead atoms. The molecular weight excluding hydrogens is 394 g/mol. The Morgan fingerprint density at radius 1 is 1.12 bits per heavy atom. The lowest BCUT2D eigenvalue weighted by Gasteiger charge is -2.28. The second-order valence-electron chi connectivity index (χ2n) is 8.95. The maximum Gasteiger partial charge on any atom is 0.308 e. The molecule has 0 fully saturated rings. The van der Waals surface area contributed by atoms with Crippen LogP contribution in [0.1, 0.15) is 57.7 Å². The van der Waals surface area contributed by atoms with E-state index < -0.39 is 0 Å². The van der Waals surface area contributed by atoms with Gasteiger partial charge in [0.2, 0.25) is 0 Å². The van der Waals surface area contributed by atoms with E-state index in [-0.39, 0.29) is 17.3 Å². The number of likely N-dealkylation sites (N-methyl/N-ethyl adjacent to an activating group) is 1. The summed E-state index contributed by atoms with van der Waals surface area (Å²) in [6.45, 7) is 18.9. The maximum absolute atomic E-state index is 11.9. The topological polar surface area (TPSA) is 29.5 Å². The predicted molar refractivity (Wildman–Crippen MR) is 137 cm³/mol. The van der Waals surface area contributed by atoms with Crippen molar-refractivity contribution in [2.75, 3.05) is 24.6 Å². The van der Waals surface area contributed by atoms with Crippen LogP contribution in [0.25, 0.3) is 6.08 Å². The number of allylic oxidation sites excluding steroid dienone is 2. The van der Waals surface area contributed by atoms with E-state index in [1.165, 1.54) is 11.1 Å². The van der Waals surface area contributed by atoms with E-state index in [0.29, 0.717) is 13.2 Å². The smallest absolute Gasteiger partial charge is 0.308 e. The van der Waals surface area contributed by atoms with Crippen LogP contribution < -0.4 is 4.90 Å². The minimum absolute atomic E-state index is 0.0401. The normalized spacial score (nSPS) is 12.6. The summed E-state index contributed by atoms with van der Waals surface area (Å²) in [7, 11) is 0. The predicted octanol–water partition coefficient (Wildman–Crippen LogP) is 6.96. The number of aryl methyl sites for hydroxylation is 1. The number of nitrogens with zero attached hydrogens (tertiary/aromatic N) is 1. The van der Waals surface area contributed by atoms with Crippen LogP contribution in [0.4, 0.5) is 5.69 Å². The van der Waals surface area contributed by atoms with E-state index in [1.807, 2.05) is 13.8 Å². The number of carbonyl (C=O) groups excluding carboxylic acids is 1. The Morgan fingerprint density at radius 2 is 1.78 bits per heavy atom. The Balaban J connectivity index is 2.00. The summed E-state index contributed by atoms with van der Waals surface area (Å²) < 4.78 is 5.41. The van der Waals surface area contributed by atoms with Crippen molar-refractivity contribution in [3.05, 3.63) is 83.4 Å². The van der Waals surface area contributed by atoms with Gasteiger partial charge >= 0.3 is 5.97 Å². The van der Waals surface area contributed by atoms with E-state index in [0.717, 1.165) is 29.8 Å². The van der Waals surface area contributed by atoms with E-state index >= 15 is 0 Å². The average Bonchev–Trinajstić information content (AvgIpc) is 2.80. The largest absolute Gasteiger partial charge is 0.464 e. The molecule has 0 saturated carbocycles. The van der Waals surface area contributed by atoms with Gasteiger partial charge in [-0.05, 0) is 54.7 Å². The van der Waals surface area contributed by atoms with Gasteiger partial charge in [0.15, 0.2) is 0 Å². The van der Waals surface area contributed by atoms with E-state index in [2.05, 4.69) is 99.9 Å². The van der Waals surface area contributed by atoms with Crippen LogP contribution in [0.3, 0.4) is 0 Å². The van der Waals surface area contributed by atoms with Crippen molar-refractivity contribution in [1.82, 2.24) is 0 Å². The van der Waals surface area contributed by atoms with E-state index in [9.17, 15) is 4.79 Å². The van der Waals surface area contributed by atoms with Crippen molar-refractivity contribution in [3.63, 3.8) is 0 Å². The number of hydrogen-bond acceptors (Lipinski definition) is 3. The summed E-state index contributed by atoms with van der Waals surface area (Å²) in [6.07, 6.45) is 5.05. The van der Waals surface area contributed by atoms with Gasteiger partial charge in [-0.1, -0.05) is 82.8 Å². The standard InChI is InChI=1S/C29H39NO2/c1-8-22(3)28(31)32-21-20-30(9-2)26-18-16-25(17-19-26)15-14-24(5)29(6,7)27-13-11-10-12-23(27)4/h10-19,22H,5,8-9,20-21H2,1-4,6-7H3/b15-14+. The molecule has 2 aromatic rings. The molecule has 0 aliphatic carbocycles. The molecule has 0 amide bonds. The fourth-order valence-corrected chi connectivity index (χ4v) is 3.68. The van der Waals surface area contributed by atoms with Gasteiger partial charge in [0.1, 0.15) is 6.61 Å². The zero-order valence-corrected chi connectivity index (χ0v) is 20.7. The molecule has 0 radical (unpaired) electrons. The second-order valence-corrected chi connectivity index (χ2v) is 8.95. The summed E-state index contributed by atoms with van der Waals surface area (Å²) in [5.41, 5.74) is 5.80. The molecule has 1 atom stereocenters. The minimum atomic E-state index is -0.131. The number of rotatable bonds is 11. The first-order valence-corrected chi connectivity index (χ1v) is 11.7. The second kappa shape index (κ2) is 11.7. The monoisotopic (exact) mass is 433 g/mol. The highest BCUT2D eigenvalue weighted by Crippen LogP contribution is 2.33. The maximum atomic E-state index is 11.9. The molecule has 2 aromatic carbocycles. The summed E-state index contributed by atoms with van der Waals surface area (Å²) in [5, 5.41) is 0. The van der Waals surface area contributed by atoms with Crippen LogP contribution in [0.15, 0.2) is 66.8 Å². The first-order chi connectivity index (χ1) is 15.2. The number of hydrogen-bond donors (Lipinski definition) is 0. The van der Waals surface area contributed by atoms with Crippen LogP contribution in [0.2, 0.25) is 0 Å². The summed E-state index contributed by atoms with van der Waals surface area (Å²) in [5.74, 6) is -0.153. The Morgan fingerprint density at radius 3 is 2.38 bits per heavy atom. The zero-order valence-electron chi connectivity index (χ0n) is 20.7. The Hall–Kier alpha value is -2.81. The zero-order chi connectivity index (χ0) is 23.7. The minimum Gasteiger partial charge on any atom is -0.464 e. The number of carbonyl (C=O) groups is 1. The molecule has 0 aliphatic heterocycles. The molecule has 3 nitrogen and oxygen atoms in total. The van der Waals surface area contributed by atoms with Gasteiger partial charge in [-0.25, -0.2) is 0 Å². The van der Waals surface area contributed by atoms with Gasteiger partial charge < -0.3 is 9.64 Å². The molecule has 0 heterocycles. The van der Waals surface area contributed by atoms with Gasteiger partial charge in [-0.15, -0.1) is 0 Å². The van der Waals surface area contributed by atoms with Gasteiger partial charge in [0, 0.05) is 17.6 Å². The molecule has 0 N–H and O–H groups in total. The van der Waals surface area contributed by atoms with Gasteiger partial charge in [-0.3, -0.25) is 4.79 Å². The lowest BCUT2D eigenvalue weighted by Crippen LogP contribution is -2.28. The highest BCUT2D eigenvalue weighted by molar-refractivity contribution is 5.71. The lowest BCUT2D eigenvalue weighted by molar-refractivity contribution is -0.147. The van der Waals surface area contributed by atoms with Crippen molar-refractivity contribution < 1.29 is 9.53 Å². The summed E-state index contributed by atoms with van der Waals surface area (Å²) in [4.78, 5) is 14.1. The highest BCUT2D eigenvalue weighted by Gasteiger charge is 2.24. The highest BCUT2D eigenvalue weighted by atomic mass is 16.5. The van der Waals surface area contributed by atoms with E-state index in [1.54, 1.807) is 0 Å². The third-order valence-electron chi connectivity index (χ3n) is 6.36. The number of benzene rings is 2. The van der Waals surface area contributed by atoms with Gasteiger partial charge in [0.25, 0.3) is 0 Å². The van der Waals surface area contributed by atoms with Crippen molar-refractivity contribution in [2.24, 2.45) is 5.92 Å². The molecule has 0 spiro atoms. The Labute approximate surface area is 194 Å². The van der Waals surface area contributed by atoms with Crippen LogP contribution in [0.5, 0.6) is 0 Å². The van der Waals surface area contributed by atoms with Crippen molar-refractivity contribution in [1.29, 1.82) is 0 Å². The van der Waals surface area contributed by atoms with Crippen molar-refractivity contribution in [2.45, 2.75) is 53.4 Å². The molecule has 3 heteroatoms. The number of anilines is 1. The molecule has 0 aromatic heterocycles. The summed E-state index contributed by atoms with van der Waals surface area (Å²) >= 11 is 0. The molecule has 0 aliphatic rings. The SMILES string of the molecule is C=C(/C=C/c1ccc(N(CC)CCOC(=O)C(C)CC)cc1)C(C)(C)c1ccccc1C. The molecular formula is C29H39NO2. The van der Waals surface area contributed by atoms with Crippen molar-refractivity contribution >= 4 is 17.7 Å². The third kappa shape index (κ3) is 6.59. The summed E-state index contributed by atoms with van der Waals surface area (Å²) in [6, 6.07) is 17.0. The Bertz CT molecular complexity index is 924. The molecule has 0 saturated heterocycles. The Kier molecular flexibility index (Phi) is 9.31. The van der Waals surface area contributed by atoms with Gasteiger partial charge in [0.05, 0.1) is 12.5 Å². The van der Waals surface area contributed by atoms with Crippen LogP contribution >= 0.6 is 0 Å². The quantitative estimate of drug-likeness (QED) is 0.283. The van der Waals surface area contributed by atoms with Crippen molar-refractivity contribution in [3.8, 4) is 0 Å². The van der Waals surface area contributed by atoms with Crippen LogP contribution in [-0.4, -0.2) is 25.7 Å². The first kappa shape index (κ1) is 25.5. The van der Waals surface area contributed by atoms with Crippen LogP contribution in [0, 0.1) is 12.8 Å². The average molecular weight is 434 g/mol. The fourth-order valence-electron chi connectivity index (χ4n) is 3.68. The molecule has 1 unspecified atom stereocenters. The number of esters is 1. The first-order valence-electron chi connectivity index (χ1n) is 11.7. The van der Waals surface area contributed by atoms with E-state index in [4.69, 9.17) is 4.74 Å².